The first-order chi connectivity index (χ1) is 15.2. The molecule has 0 aromatic heterocycles. The van der Waals surface area contributed by atoms with Gasteiger partial charge in [-0.3, -0.25) is 0 Å². The number of piperidine rings is 1. The molecule has 0 unspecified atom stereocenters. The molecule has 0 amide bonds. The summed E-state index contributed by atoms with van der Waals surface area (Å²) in [6.07, 6.45) is 5.53. The van der Waals surface area contributed by atoms with Gasteiger partial charge in [-0.25, -0.2) is 8.78 Å². The standard InChI is InChI=1S/C28H29F2N/c29-26-13-9-23(10-14-26)28(24-11-15-27(30)16-12-24)25-17-20-31(21-18-25)19-5-4-8-22-6-2-1-3-7-22/h1-3,6-7,9-16H,4-5,8,17-21H2. The largest absolute Gasteiger partial charge is 0.303 e. The van der Waals surface area contributed by atoms with E-state index in [1.807, 2.05) is 24.3 Å². The van der Waals surface area contributed by atoms with Crippen LogP contribution in [0.5, 0.6) is 0 Å². The maximum absolute atomic E-state index is 13.5. The molecule has 1 aliphatic heterocycles. The van der Waals surface area contributed by atoms with Crippen LogP contribution in [0, 0.1) is 11.6 Å². The smallest absolute Gasteiger partial charge is 0.123 e. The van der Waals surface area contributed by atoms with Gasteiger partial charge in [-0.15, -0.1) is 0 Å². The van der Waals surface area contributed by atoms with E-state index in [2.05, 4.69) is 35.2 Å². The maximum atomic E-state index is 13.5. The first kappa shape index (κ1) is 21.5. The average Bonchev–Trinajstić information content (AvgIpc) is 2.81. The lowest BCUT2D eigenvalue weighted by Crippen LogP contribution is -2.32. The topological polar surface area (TPSA) is 3.24 Å². The lowest BCUT2D eigenvalue weighted by atomic mass is 9.88. The minimum absolute atomic E-state index is 0.238. The number of halogens is 2. The van der Waals surface area contributed by atoms with Gasteiger partial charge < -0.3 is 4.90 Å². The summed E-state index contributed by atoms with van der Waals surface area (Å²) in [5.74, 6) is -0.477. The van der Waals surface area contributed by atoms with Gasteiger partial charge in [0.1, 0.15) is 11.6 Å². The van der Waals surface area contributed by atoms with E-state index in [1.54, 1.807) is 0 Å². The SMILES string of the molecule is Fc1ccc(C(=C2CCN(CCCCc3ccccc3)CC2)c2ccc(F)cc2)cc1. The van der Waals surface area contributed by atoms with Gasteiger partial charge in [-0.1, -0.05) is 60.2 Å². The minimum atomic E-state index is -0.238. The molecular formula is C28H29F2N. The molecule has 3 aromatic rings. The van der Waals surface area contributed by atoms with Gasteiger partial charge in [-0.2, -0.15) is 0 Å². The van der Waals surface area contributed by atoms with Crippen molar-refractivity contribution < 1.29 is 8.78 Å². The summed E-state index contributed by atoms with van der Waals surface area (Å²) >= 11 is 0. The van der Waals surface area contributed by atoms with Gasteiger partial charge in [-0.05, 0) is 85.2 Å². The summed E-state index contributed by atoms with van der Waals surface area (Å²) in [6, 6.07) is 24.0. The molecule has 3 heteroatoms. The first-order valence-corrected chi connectivity index (χ1v) is 11.2. The van der Waals surface area contributed by atoms with Crippen molar-refractivity contribution in [1.82, 2.24) is 4.90 Å². The van der Waals surface area contributed by atoms with Crippen molar-refractivity contribution >= 4 is 5.57 Å². The molecule has 0 aliphatic carbocycles. The fourth-order valence-corrected chi connectivity index (χ4v) is 4.41. The predicted octanol–water partition coefficient (Wildman–Crippen LogP) is 6.89. The van der Waals surface area contributed by atoms with Crippen LogP contribution in [-0.4, -0.2) is 24.5 Å². The van der Waals surface area contributed by atoms with Gasteiger partial charge in [0.15, 0.2) is 0 Å². The van der Waals surface area contributed by atoms with Crippen molar-refractivity contribution in [2.75, 3.05) is 19.6 Å². The predicted molar refractivity (Wildman–Crippen MR) is 124 cm³/mol. The summed E-state index contributed by atoms with van der Waals surface area (Å²) in [4.78, 5) is 2.54. The van der Waals surface area contributed by atoms with Crippen LogP contribution in [0.2, 0.25) is 0 Å². The second-order valence-electron chi connectivity index (χ2n) is 8.28. The molecule has 3 aromatic carbocycles. The van der Waals surface area contributed by atoms with Crippen LogP contribution in [0.4, 0.5) is 8.78 Å². The Labute approximate surface area is 184 Å². The van der Waals surface area contributed by atoms with E-state index in [9.17, 15) is 8.78 Å². The van der Waals surface area contributed by atoms with Gasteiger partial charge >= 0.3 is 0 Å². The van der Waals surface area contributed by atoms with Crippen LogP contribution in [0.25, 0.3) is 5.57 Å². The molecule has 0 radical (unpaired) electrons. The van der Waals surface area contributed by atoms with E-state index < -0.39 is 0 Å². The minimum Gasteiger partial charge on any atom is -0.303 e. The Morgan fingerprint density at radius 1 is 0.677 bits per heavy atom. The molecule has 1 fully saturated rings. The highest BCUT2D eigenvalue weighted by Gasteiger charge is 2.19. The molecule has 0 bridgehead atoms. The average molecular weight is 418 g/mol. The summed E-state index contributed by atoms with van der Waals surface area (Å²) in [5, 5.41) is 0. The van der Waals surface area contributed by atoms with Crippen molar-refractivity contribution in [3.8, 4) is 0 Å². The summed E-state index contributed by atoms with van der Waals surface area (Å²) in [5.41, 5.74) is 5.91. The molecule has 1 aliphatic rings. The quantitative estimate of drug-likeness (QED) is 0.379. The van der Waals surface area contributed by atoms with Crippen molar-refractivity contribution in [3.05, 3.63) is 113 Å². The van der Waals surface area contributed by atoms with Crippen molar-refractivity contribution in [1.29, 1.82) is 0 Å². The number of hydrogen-bond acceptors (Lipinski definition) is 1. The Kier molecular flexibility index (Phi) is 7.26. The molecule has 160 valence electrons. The van der Waals surface area contributed by atoms with Crippen molar-refractivity contribution in [2.24, 2.45) is 0 Å². The zero-order chi connectivity index (χ0) is 21.5. The Hall–Kier alpha value is -2.78. The molecule has 4 rings (SSSR count). The van der Waals surface area contributed by atoms with E-state index in [4.69, 9.17) is 0 Å². The molecule has 0 N–H and O–H groups in total. The number of hydrogen-bond donors (Lipinski definition) is 0. The molecule has 31 heavy (non-hydrogen) atoms. The van der Waals surface area contributed by atoms with E-state index in [0.717, 1.165) is 55.6 Å². The third-order valence-electron chi connectivity index (χ3n) is 6.11. The lowest BCUT2D eigenvalue weighted by molar-refractivity contribution is 0.252. The highest BCUT2D eigenvalue weighted by atomic mass is 19.1. The fraction of sp³-hybridized carbons (Fsp3) is 0.286. The fourth-order valence-electron chi connectivity index (χ4n) is 4.41. The first-order valence-electron chi connectivity index (χ1n) is 11.2. The third-order valence-corrected chi connectivity index (χ3v) is 6.11. The Balaban J connectivity index is 1.40. The number of rotatable bonds is 7. The monoisotopic (exact) mass is 417 g/mol. The molecule has 0 atom stereocenters. The molecule has 0 saturated carbocycles. The lowest BCUT2D eigenvalue weighted by Gasteiger charge is -2.30. The van der Waals surface area contributed by atoms with Crippen LogP contribution in [-0.2, 0) is 6.42 Å². The zero-order valence-electron chi connectivity index (χ0n) is 17.9. The van der Waals surface area contributed by atoms with Crippen molar-refractivity contribution in [3.63, 3.8) is 0 Å². The highest BCUT2D eigenvalue weighted by molar-refractivity contribution is 5.82. The van der Waals surface area contributed by atoms with Crippen LogP contribution < -0.4 is 0 Å². The molecule has 1 heterocycles. The van der Waals surface area contributed by atoms with Crippen LogP contribution in [0.15, 0.2) is 84.4 Å². The Bertz CT molecular complexity index is 934. The number of nitrogens with zero attached hydrogens (tertiary/aromatic N) is 1. The van der Waals surface area contributed by atoms with Crippen LogP contribution >= 0.6 is 0 Å². The zero-order valence-corrected chi connectivity index (χ0v) is 17.9. The molecule has 0 spiro atoms. The molecule has 1 saturated heterocycles. The Morgan fingerprint density at radius 3 is 1.77 bits per heavy atom. The van der Waals surface area contributed by atoms with E-state index in [0.29, 0.717) is 0 Å². The van der Waals surface area contributed by atoms with E-state index in [1.165, 1.54) is 48.2 Å². The number of likely N-dealkylation sites (tertiary alicyclic amines) is 1. The number of aryl methyl sites for hydroxylation is 1. The molecule has 1 nitrogen and oxygen atoms in total. The normalized spacial score (nSPS) is 14.6. The summed E-state index contributed by atoms with van der Waals surface area (Å²) in [7, 11) is 0. The van der Waals surface area contributed by atoms with E-state index >= 15 is 0 Å². The second kappa shape index (κ2) is 10.5. The van der Waals surface area contributed by atoms with Gasteiger partial charge in [0.2, 0.25) is 0 Å². The van der Waals surface area contributed by atoms with E-state index in [-0.39, 0.29) is 11.6 Å². The summed E-state index contributed by atoms with van der Waals surface area (Å²) < 4.78 is 27.0. The highest BCUT2D eigenvalue weighted by Crippen LogP contribution is 2.32. The van der Waals surface area contributed by atoms with Crippen LogP contribution in [0.3, 0.4) is 0 Å². The van der Waals surface area contributed by atoms with Gasteiger partial charge in [0.25, 0.3) is 0 Å². The third kappa shape index (κ3) is 5.89. The molecular weight excluding hydrogens is 388 g/mol. The second-order valence-corrected chi connectivity index (χ2v) is 8.28. The van der Waals surface area contributed by atoms with Gasteiger partial charge in [0, 0.05) is 13.1 Å². The van der Waals surface area contributed by atoms with Crippen LogP contribution in [0.1, 0.15) is 42.4 Å². The number of benzene rings is 3. The maximum Gasteiger partial charge on any atom is 0.123 e. The van der Waals surface area contributed by atoms with Gasteiger partial charge in [0.05, 0.1) is 0 Å². The number of unbranched alkanes of at least 4 members (excludes halogenated alkanes) is 1. The summed E-state index contributed by atoms with van der Waals surface area (Å²) in [6.45, 7) is 3.20. The van der Waals surface area contributed by atoms with Crippen molar-refractivity contribution in [2.45, 2.75) is 32.1 Å². The Morgan fingerprint density at radius 2 is 1.23 bits per heavy atom.